The van der Waals surface area contributed by atoms with Gasteiger partial charge in [-0.15, -0.1) is 0 Å². The Hall–Kier alpha value is -2.29. The number of rotatable bonds is 6. The summed E-state index contributed by atoms with van der Waals surface area (Å²) >= 11 is 3.42. The minimum absolute atomic E-state index is 0.0496. The van der Waals surface area contributed by atoms with Crippen LogP contribution in [0, 0.1) is 12.8 Å². The van der Waals surface area contributed by atoms with Crippen LogP contribution in [0.15, 0.2) is 64.1 Å². The molecule has 8 heteroatoms. The van der Waals surface area contributed by atoms with E-state index in [1.165, 1.54) is 6.07 Å². The summed E-state index contributed by atoms with van der Waals surface area (Å²) in [5.74, 6) is -0.678. The van der Waals surface area contributed by atoms with Crippen molar-refractivity contribution < 1.29 is 13.2 Å². The number of nitrogens with one attached hydrogen (secondary N) is 2. The Bertz CT molecular complexity index is 1160. The SMILES string of the molecule is Cc1cc(NC(=O)[C@H](NS(=O)(=O)c2cccc3cccnc23)C(C)C)ccc1Br. The van der Waals surface area contributed by atoms with Gasteiger partial charge < -0.3 is 5.32 Å². The number of carbonyl (C=O) groups excluding carboxylic acids is 1. The van der Waals surface area contributed by atoms with Gasteiger partial charge >= 0.3 is 0 Å². The molecule has 1 aromatic heterocycles. The third kappa shape index (κ3) is 4.83. The lowest BCUT2D eigenvalue weighted by molar-refractivity contribution is -0.118. The standard InChI is InChI=1S/C21H22BrN3O3S/c1-13(2)19(21(26)24-16-9-10-17(22)14(3)12-16)25-29(27,28)18-8-4-6-15-7-5-11-23-20(15)18/h4-13,19,25H,1-3H3,(H,24,26)/t19-/m1/s1. The van der Waals surface area contributed by atoms with Gasteiger partial charge in [-0.05, 0) is 48.7 Å². The number of benzene rings is 2. The Balaban J connectivity index is 1.89. The number of carbonyl (C=O) groups is 1. The number of hydrogen-bond acceptors (Lipinski definition) is 4. The summed E-state index contributed by atoms with van der Waals surface area (Å²) in [5.41, 5.74) is 1.94. The van der Waals surface area contributed by atoms with Crippen LogP contribution in [0.1, 0.15) is 19.4 Å². The molecule has 1 amide bonds. The summed E-state index contributed by atoms with van der Waals surface area (Å²) in [6, 6.07) is 13.0. The first-order chi connectivity index (χ1) is 13.7. The fraction of sp³-hybridized carbons (Fsp3) is 0.238. The molecule has 3 aromatic rings. The van der Waals surface area contributed by atoms with E-state index in [2.05, 4.69) is 31.0 Å². The lowest BCUT2D eigenvalue weighted by Gasteiger charge is -2.22. The lowest BCUT2D eigenvalue weighted by atomic mass is 10.0. The van der Waals surface area contributed by atoms with Gasteiger partial charge in [0.2, 0.25) is 15.9 Å². The largest absolute Gasteiger partial charge is 0.325 e. The van der Waals surface area contributed by atoms with Crippen molar-refractivity contribution in [1.29, 1.82) is 0 Å². The molecule has 2 aromatic carbocycles. The van der Waals surface area contributed by atoms with E-state index >= 15 is 0 Å². The third-order valence-electron chi connectivity index (χ3n) is 4.54. The number of sulfonamides is 1. The molecule has 3 rings (SSSR count). The minimum atomic E-state index is -3.96. The summed E-state index contributed by atoms with van der Waals surface area (Å²) in [6.07, 6.45) is 1.55. The summed E-state index contributed by atoms with van der Waals surface area (Å²) in [5, 5.41) is 3.51. The van der Waals surface area contributed by atoms with Gasteiger partial charge in [0.15, 0.2) is 0 Å². The first-order valence-electron chi connectivity index (χ1n) is 9.12. The van der Waals surface area contributed by atoms with E-state index in [1.54, 1.807) is 50.4 Å². The molecule has 1 heterocycles. The van der Waals surface area contributed by atoms with Crippen molar-refractivity contribution in [3.05, 3.63) is 64.8 Å². The van der Waals surface area contributed by atoms with E-state index in [0.717, 1.165) is 10.0 Å². The van der Waals surface area contributed by atoms with Crippen molar-refractivity contribution in [3.8, 4) is 0 Å². The number of para-hydroxylation sites is 1. The van der Waals surface area contributed by atoms with Crippen LogP contribution in [0.3, 0.4) is 0 Å². The molecule has 0 aliphatic heterocycles. The molecule has 0 fully saturated rings. The molecule has 0 aliphatic rings. The zero-order valence-electron chi connectivity index (χ0n) is 16.3. The molecule has 152 valence electrons. The summed E-state index contributed by atoms with van der Waals surface area (Å²) in [6.45, 7) is 5.50. The smallest absolute Gasteiger partial charge is 0.243 e. The lowest BCUT2D eigenvalue weighted by Crippen LogP contribution is -2.47. The monoisotopic (exact) mass is 475 g/mol. The van der Waals surface area contributed by atoms with E-state index in [-0.39, 0.29) is 10.8 Å². The van der Waals surface area contributed by atoms with Crippen LogP contribution >= 0.6 is 15.9 Å². The number of fused-ring (bicyclic) bond motifs is 1. The normalized spacial score (nSPS) is 12.9. The number of anilines is 1. The number of aryl methyl sites for hydroxylation is 1. The van der Waals surface area contributed by atoms with Gasteiger partial charge in [-0.2, -0.15) is 4.72 Å². The maximum absolute atomic E-state index is 13.1. The second-order valence-corrected chi connectivity index (χ2v) is 9.66. The number of halogens is 1. The van der Waals surface area contributed by atoms with E-state index in [4.69, 9.17) is 0 Å². The minimum Gasteiger partial charge on any atom is -0.325 e. The maximum Gasteiger partial charge on any atom is 0.243 e. The van der Waals surface area contributed by atoms with E-state index < -0.39 is 22.0 Å². The average Bonchev–Trinajstić information content (AvgIpc) is 2.68. The second-order valence-electron chi connectivity index (χ2n) is 7.13. The summed E-state index contributed by atoms with van der Waals surface area (Å²) in [7, 11) is -3.96. The Morgan fingerprint density at radius 1 is 1.10 bits per heavy atom. The van der Waals surface area contributed by atoms with Gasteiger partial charge in [-0.25, -0.2) is 8.42 Å². The van der Waals surface area contributed by atoms with Gasteiger partial charge in [0.05, 0.1) is 5.52 Å². The molecule has 0 spiro atoms. The molecule has 29 heavy (non-hydrogen) atoms. The van der Waals surface area contributed by atoms with Crippen LogP contribution in [0.25, 0.3) is 10.9 Å². The quantitative estimate of drug-likeness (QED) is 0.557. The molecule has 1 atom stereocenters. The maximum atomic E-state index is 13.1. The topological polar surface area (TPSA) is 88.2 Å². The van der Waals surface area contributed by atoms with E-state index in [1.807, 2.05) is 19.1 Å². The third-order valence-corrected chi connectivity index (χ3v) is 6.90. The highest BCUT2D eigenvalue weighted by atomic mass is 79.9. The first-order valence-corrected chi connectivity index (χ1v) is 11.4. The van der Waals surface area contributed by atoms with Crippen molar-refractivity contribution in [2.75, 3.05) is 5.32 Å². The molecule has 0 unspecified atom stereocenters. The molecule has 0 aliphatic carbocycles. The van der Waals surface area contributed by atoms with Crippen molar-refractivity contribution in [2.45, 2.75) is 31.7 Å². The zero-order chi connectivity index (χ0) is 21.2. The second kappa shape index (κ2) is 8.61. The van der Waals surface area contributed by atoms with Crippen LogP contribution < -0.4 is 10.0 Å². The molecule has 0 radical (unpaired) electrons. The Morgan fingerprint density at radius 2 is 1.83 bits per heavy atom. The highest BCUT2D eigenvalue weighted by Gasteiger charge is 2.29. The van der Waals surface area contributed by atoms with Gasteiger partial charge in [-0.1, -0.05) is 48.0 Å². The Kier molecular flexibility index (Phi) is 6.36. The predicted octanol–water partition coefficient (Wildman–Crippen LogP) is 4.25. The van der Waals surface area contributed by atoms with Crippen molar-refractivity contribution in [2.24, 2.45) is 5.92 Å². The average molecular weight is 476 g/mol. The van der Waals surface area contributed by atoms with Crippen LogP contribution in [-0.2, 0) is 14.8 Å². The summed E-state index contributed by atoms with van der Waals surface area (Å²) < 4.78 is 29.6. The predicted molar refractivity (Wildman–Crippen MR) is 118 cm³/mol. The molecule has 6 nitrogen and oxygen atoms in total. The van der Waals surface area contributed by atoms with Crippen LogP contribution in [0.5, 0.6) is 0 Å². The number of nitrogens with zero attached hydrogens (tertiary/aromatic N) is 1. The van der Waals surface area contributed by atoms with Crippen LogP contribution in [0.2, 0.25) is 0 Å². The zero-order valence-corrected chi connectivity index (χ0v) is 18.7. The molecule has 0 bridgehead atoms. The highest BCUT2D eigenvalue weighted by Crippen LogP contribution is 2.23. The molecule has 0 saturated carbocycles. The Labute approximate surface area is 178 Å². The van der Waals surface area contributed by atoms with Gasteiger partial charge in [0, 0.05) is 21.7 Å². The van der Waals surface area contributed by atoms with E-state index in [9.17, 15) is 13.2 Å². The van der Waals surface area contributed by atoms with Crippen LogP contribution in [0.4, 0.5) is 5.69 Å². The number of amides is 1. The van der Waals surface area contributed by atoms with E-state index in [0.29, 0.717) is 16.6 Å². The fourth-order valence-corrected chi connectivity index (χ4v) is 4.73. The van der Waals surface area contributed by atoms with Gasteiger partial charge in [0.25, 0.3) is 0 Å². The molecular weight excluding hydrogens is 454 g/mol. The van der Waals surface area contributed by atoms with Crippen molar-refractivity contribution in [3.63, 3.8) is 0 Å². The molecule has 2 N–H and O–H groups in total. The Morgan fingerprint density at radius 3 is 2.52 bits per heavy atom. The van der Waals surface area contributed by atoms with Gasteiger partial charge in [-0.3, -0.25) is 9.78 Å². The first kappa shape index (κ1) is 21.4. The fourth-order valence-electron chi connectivity index (χ4n) is 2.96. The van der Waals surface area contributed by atoms with Crippen molar-refractivity contribution >= 4 is 48.5 Å². The number of hydrogen-bond donors (Lipinski definition) is 2. The molecule has 0 saturated heterocycles. The highest BCUT2D eigenvalue weighted by molar-refractivity contribution is 9.10. The van der Waals surface area contributed by atoms with Crippen molar-refractivity contribution in [1.82, 2.24) is 9.71 Å². The number of aromatic nitrogens is 1. The van der Waals surface area contributed by atoms with Crippen LogP contribution in [-0.4, -0.2) is 25.4 Å². The molecular formula is C21H22BrN3O3S. The summed E-state index contributed by atoms with van der Waals surface area (Å²) in [4.78, 5) is 17.1. The number of pyridine rings is 1. The van der Waals surface area contributed by atoms with Gasteiger partial charge in [0.1, 0.15) is 10.9 Å².